The molecule has 6 atom stereocenters. The molecule has 0 aliphatic rings. The van der Waals surface area contributed by atoms with Gasteiger partial charge in [0.2, 0.25) is 0 Å². The summed E-state index contributed by atoms with van der Waals surface area (Å²) in [5.74, 6) is 0. The van der Waals surface area contributed by atoms with Gasteiger partial charge in [-0.25, -0.2) is 4.90 Å². The quantitative estimate of drug-likeness (QED) is 0.0779. The Kier molecular flexibility index (Phi) is 20.7. The smallest absolute Gasteiger partial charge is 0.138 e. The molecule has 8 N–H and O–H groups in total. The molecule has 0 aromatic heterocycles. The van der Waals surface area contributed by atoms with Crippen LogP contribution in [0.15, 0.2) is 0 Å². The Morgan fingerprint density at radius 1 is 0.485 bits per heavy atom. The van der Waals surface area contributed by atoms with E-state index in [9.17, 15) is 30.6 Å². The van der Waals surface area contributed by atoms with E-state index < -0.39 is 50.1 Å². The van der Waals surface area contributed by atoms with Crippen molar-refractivity contribution in [3.8, 4) is 0 Å². The number of aliphatic hydroxyl groups is 8. The van der Waals surface area contributed by atoms with Gasteiger partial charge in [-0.1, -0.05) is 90.4 Å². The third-order valence-electron chi connectivity index (χ3n) is 6.22. The zero-order valence-electron chi connectivity index (χ0n) is 20.5. The van der Waals surface area contributed by atoms with Crippen molar-refractivity contribution in [3.63, 3.8) is 0 Å². The Morgan fingerprint density at radius 3 is 1.09 bits per heavy atom. The molecule has 0 bridgehead atoms. The highest BCUT2D eigenvalue weighted by molar-refractivity contribution is 4.82. The van der Waals surface area contributed by atoms with E-state index in [1.165, 1.54) is 57.8 Å². The molecule has 0 aliphatic heterocycles. The summed E-state index contributed by atoms with van der Waals surface area (Å²) in [5, 5.41) is 77.9. The van der Waals surface area contributed by atoms with Gasteiger partial charge < -0.3 is 40.9 Å². The van der Waals surface area contributed by atoms with Gasteiger partial charge in [0.1, 0.15) is 36.9 Å². The van der Waals surface area contributed by atoms with E-state index in [0.29, 0.717) is 6.42 Å². The van der Waals surface area contributed by atoms with Gasteiger partial charge in [-0.05, 0) is 6.42 Å². The molecule has 200 valence electrons. The molecule has 33 heavy (non-hydrogen) atoms. The first-order chi connectivity index (χ1) is 15.8. The minimum Gasteiger partial charge on any atom is -0.394 e. The van der Waals surface area contributed by atoms with Crippen LogP contribution in [0.25, 0.3) is 0 Å². The second kappa shape index (κ2) is 21.0. The summed E-state index contributed by atoms with van der Waals surface area (Å²) in [6.45, 7) is 0.739. The maximum Gasteiger partial charge on any atom is 0.138 e. The standard InChI is InChI=1S/C24H51NO8/c1-2-3-4-5-6-7-8-9-10-11-12-13-14-15-16-25(23(32)21(30)19(28)17-26)24(33)22(31)20(29)18-27/h19-24,26-33H,2-18H2,1H3/t19-,20-,21-,22-,23+,24+/m1/s1. The van der Waals surface area contributed by atoms with Crippen LogP contribution < -0.4 is 0 Å². The summed E-state index contributed by atoms with van der Waals surface area (Å²) in [6.07, 6.45) is 5.94. The molecule has 9 nitrogen and oxygen atoms in total. The van der Waals surface area contributed by atoms with E-state index in [-0.39, 0.29) is 6.54 Å². The predicted molar refractivity (Wildman–Crippen MR) is 127 cm³/mol. The molecular formula is C24H51NO8. The molecule has 0 unspecified atom stereocenters. The number of rotatable bonds is 23. The van der Waals surface area contributed by atoms with Crippen molar-refractivity contribution in [2.75, 3.05) is 19.8 Å². The van der Waals surface area contributed by atoms with E-state index >= 15 is 0 Å². The fourth-order valence-corrected chi connectivity index (χ4v) is 3.92. The summed E-state index contributed by atoms with van der Waals surface area (Å²) in [5.41, 5.74) is 0. The average Bonchev–Trinajstić information content (AvgIpc) is 2.83. The molecule has 0 heterocycles. The van der Waals surface area contributed by atoms with Crippen LogP contribution in [0.2, 0.25) is 0 Å². The zero-order chi connectivity index (χ0) is 25.1. The first-order valence-electron chi connectivity index (χ1n) is 12.9. The monoisotopic (exact) mass is 481 g/mol. The second-order valence-corrected chi connectivity index (χ2v) is 9.14. The van der Waals surface area contributed by atoms with Gasteiger partial charge in [-0.3, -0.25) is 0 Å². The van der Waals surface area contributed by atoms with Crippen LogP contribution >= 0.6 is 0 Å². The van der Waals surface area contributed by atoms with Gasteiger partial charge >= 0.3 is 0 Å². The highest BCUT2D eigenvalue weighted by Crippen LogP contribution is 2.17. The van der Waals surface area contributed by atoms with Gasteiger partial charge in [-0.2, -0.15) is 0 Å². The lowest BCUT2D eigenvalue weighted by Crippen LogP contribution is -2.58. The number of hydrogen-bond acceptors (Lipinski definition) is 9. The predicted octanol–water partition coefficient (Wildman–Crippen LogP) is 0.835. The third kappa shape index (κ3) is 14.6. The van der Waals surface area contributed by atoms with Gasteiger partial charge in [0.05, 0.1) is 13.2 Å². The molecule has 0 saturated carbocycles. The van der Waals surface area contributed by atoms with E-state index in [2.05, 4.69) is 6.92 Å². The van der Waals surface area contributed by atoms with Crippen molar-refractivity contribution in [3.05, 3.63) is 0 Å². The molecule has 0 saturated heterocycles. The first-order valence-corrected chi connectivity index (χ1v) is 12.9. The maximum atomic E-state index is 10.3. The lowest BCUT2D eigenvalue weighted by atomic mass is 10.0. The summed E-state index contributed by atoms with van der Waals surface area (Å²) < 4.78 is 0. The number of nitrogens with zero attached hydrogens (tertiary/aromatic N) is 1. The van der Waals surface area contributed by atoms with E-state index in [1.54, 1.807) is 0 Å². The van der Waals surface area contributed by atoms with E-state index in [0.717, 1.165) is 30.6 Å². The van der Waals surface area contributed by atoms with E-state index in [4.69, 9.17) is 10.2 Å². The SMILES string of the molecule is CCCCCCCCCCCCCCCCN([C@@H](O)[C@H](O)[C@H](O)CO)[C@@H](O)[C@H](O)[C@H](O)CO. The molecule has 0 amide bonds. The molecule has 0 aromatic rings. The fourth-order valence-electron chi connectivity index (χ4n) is 3.92. The molecule has 0 radical (unpaired) electrons. The Bertz CT molecular complexity index is 409. The van der Waals surface area contributed by atoms with Crippen molar-refractivity contribution >= 4 is 0 Å². The van der Waals surface area contributed by atoms with Gasteiger partial charge in [-0.15, -0.1) is 0 Å². The van der Waals surface area contributed by atoms with E-state index in [1.807, 2.05) is 0 Å². The lowest BCUT2D eigenvalue weighted by molar-refractivity contribution is -0.211. The van der Waals surface area contributed by atoms with Crippen LogP contribution in [0.5, 0.6) is 0 Å². The minimum atomic E-state index is -1.78. The third-order valence-corrected chi connectivity index (χ3v) is 6.22. The molecular weight excluding hydrogens is 430 g/mol. The molecule has 0 rings (SSSR count). The first kappa shape index (κ1) is 32.6. The topological polar surface area (TPSA) is 165 Å². The number of aliphatic hydroxyl groups excluding tert-OH is 8. The van der Waals surface area contributed by atoms with Crippen LogP contribution in [-0.2, 0) is 0 Å². The Hall–Kier alpha value is -0.360. The summed E-state index contributed by atoms with van der Waals surface area (Å²) in [7, 11) is 0. The number of unbranched alkanes of at least 4 members (excludes halogenated alkanes) is 13. The highest BCUT2D eigenvalue weighted by Gasteiger charge is 2.37. The Labute approximate surface area is 199 Å². The maximum absolute atomic E-state index is 10.3. The van der Waals surface area contributed by atoms with Crippen LogP contribution in [0.1, 0.15) is 96.8 Å². The highest BCUT2D eigenvalue weighted by atomic mass is 16.4. The van der Waals surface area contributed by atoms with Crippen LogP contribution in [0.4, 0.5) is 0 Å². The Balaban J connectivity index is 4.23. The molecule has 0 aromatic carbocycles. The van der Waals surface area contributed by atoms with Crippen molar-refractivity contribution in [1.82, 2.24) is 4.90 Å². The summed E-state index contributed by atoms with van der Waals surface area (Å²) in [6, 6.07) is 0. The summed E-state index contributed by atoms with van der Waals surface area (Å²) >= 11 is 0. The van der Waals surface area contributed by atoms with Gasteiger partial charge in [0, 0.05) is 6.54 Å². The minimum absolute atomic E-state index is 0.0881. The lowest BCUT2D eigenvalue weighted by Gasteiger charge is -2.38. The molecule has 0 aliphatic carbocycles. The van der Waals surface area contributed by atoms with Crippen molar-refractivity contribution in [2.45, 2.75) is 134 Å². The van der Waals surface area contributed by atoms with Gasteiger partial charge in [0.15, 0.2) is 0 Å². The van der Waals surface area contributed by atoms with Crippen LogP contribution in [0, 0.1) is 0 Å². The van der Waals surface area contributed by atoms with Crippen LogP contribution in [-0.4, -0.2) is 102 Å². The fraction of sp³-hybridized carbons (Fsp3) is 1.00. The summed E-state index contributed by atoms with van der Waals surface area (Å²) in [4.78, 5) is 0.966. The normalized spacial score (nSPS) is 17.6. The van der Waals surface area contributed by atoms with Crippen molar-refractivity contribution in [2.24, 2.45) is 0 Å². The van der Waals surface area contributed by atoms with Crippen molar-refractivity contribution in [1.29, 1.82) is 0 Å². The number of hydrogen-bond donors (Lipinski definition) is 8. The van der Waals surface area contributed by atoms with Crippen molar-refractivity contribution < 1.29 is 40.9 Å². The second-order valence-electron chi connectivity index (χ2n) is 9.14. The average molecular weight is 482 g/mol. The Morgan fingerprint density at radius 2 is 0.788 bits per heavy atom. The van der Waals surface area contributed by atoms with Crippen LogP contribution in [0.3, 0.4) is 0 Å². The largest absolute Gasteiger partial charge is 0.394 e. The molecule has 0 fully saturated rings. The van der Waals surface area contributed by atoms with Gasteiger partial charge in [0.25, 0.3) is 0 Å². The molecule has 0 spiro atoms. The molecule has 9 heteroatoms. The zero-order valence-corrected chi connectivity index (χ0v) is 20.5.